The van der Waals surface area contributed by atoms with E-state index in [4.69, 9.17) is 4.74 Å². The maximum absolute atomic E-state index is 12.5. The molecular weight excluding hydrogens is 464 g/mol. The second-order valence-corrected chi connectivity index (χ2v) is 10.1. The smallest absolute Gasteiger partial charge is 0.305 e. The quantitative estimate of drug-likeness (QED) is 0.232. The van der Waals surface area contributed by atoms with Crippen molar-refractivity contribution in [3.05, 3.63) is 95.6 Å². The van der Waals surface area contributed by atoms with Crippen LogP contribution in [0.2, 0.25) is 0 Å². The molecule has 0 radical (unpaired) electrons. The molecule has 0 heterocycles. The Kier molecular flexibility index (Phi) is 10.0. The van der Waals surface area contributed by atoms with Gasteiger partial charge in [0.15, 0.2) is 0 Å². The summed E-state index contributed by atoms with van der Waals surface area (Å²) in [5, 5.41) is 5.69. The lowest BCUT2D eigenvalue weighted by Gasteiger charge is -2.19. The average Bonchev–Trinajstić information content (AvgIpc) is 2.88. The Morgan fingerprint density at radius 2 is 1.35 bits per heavy atom. The Balaban J connectivity index is 1.33. The first kappa shape index (κ1) is 27.7. The Bertz CT molecular complexity index is 1160. The molecule has 37 heavy (non-hydrogen) atoms. The summed E-state index contributed by atoms with van der Waals surface area (Å²) in [7, 11) is 0. The van der Waals surface area contributed by atoms with Gasteiger partial charge >= 0.3 is 5.97 Å². The number of carbonyl (C=O) groups is 3. The minimum absolute atomic E-state index is 0.0290. The molecule has 194 valence electrons. The molecule has 0 saturated carbocycles. The number of carbonyl (C=O) groups excluding carboxylic acids is 3. The number of aryl methyl sites for hydroxylation is 1. The summed E-state index contributed by atoms with van der Waals surface area (Å²) in [6, 6.07) is 24.6. The second-order valence-electron chi connectivity index (χ2n) is 10.1. The van der Waals surface area contributed by atoms with E-state index in [0.29, 0.717) is 30.0 Å². The van der Waals surface area contributed by atoms with E-state index < -0.39 is 0 Å². The summed E-state index contributed by atoms with van der Waals surface area (Å²) in [4.78, 5) is 36.7. The van der Waals surface area contributed by atoms with Crippen molar-refractivity contribution in [1.29, 1.82) is 0 Å². The summed E-state index contributed by atoms with van der Waals surface area (Å²) in [5.41, 5.74) is 4.26. The summed E-state index contributed by atoms with van der Waals surface area (Å²) in [5.74, 6) is -0.647. The molecular formula is C31H36N2O4. The lowest BCUT2D eigenvalue weighted by atomic mass is 9.87. The summed E-state index contributed by atoms with van der Waals surface area (Å²) < 4.78 is 5.26. The molecule has 3 aromatic rings. The molecule has 6 nitrogen and oxygen atoms in total. The fraction of sp³-hybridized carbons (Fsp3) is 0.323. The number of rotatable bonds is 11. The Hall–Kier alpha value is -3.93. The third-order valence-electron chi connectivity index (χ3n) is 5.94. The van der Waals surface area contributed by atoms with E-state index in [1.54, 1.807) is 24.3 Å². The van der Waals surface area contributed by atoms with Crippen LogP contribution < -0.4 is 10.6 Å². The Labute approximate surface area is 219 Å². The first-order valence-electron chi connectivity index (χ1n) is 12.7. The highest BCUT2D eigenvalue weighted by Crippen LogP contribution is 2.22. The van der Waals surface area contributed by atoms with Crippen LogP contribution in [-0.4, -0.2) is 24.4 Å². The number of benzene rings is 3. The van der Waals surface area contributed by atoms with E-state index in [2.05, 4.69) is 43.5 Å². The van der Waals surface area contributed by atoms with Gasteiger partial charge in [-0.2, -0.15) is 0 Å². The highest BCUT2D eigenvalue weighted by atomic mass is 16.5. The van der Waals surface area contributed by atoms with Crippen LogP contribution in [0.15, 0.2) is 78.9 Å². The Morgan fingerprint density at radius 3 is 1.97 bits per heavy atom. The van der Waals surface area contributed by atoms with Crippen molar-refractivity contribution in [2.24, 2.45) is 0 Å². The monoisotopic (exact) mass is 500 g/mol. The molecule has 3 aromatic carbocycles. The van der Waals surface area contributed by atoms with Gasteiger partial charge in [0, 0.05) is 29.8 Å². The molecule has 0 aliphatic rings. The van der Waals surface area contributed by atoms with Gasteiger partial charge in [-0.25, -0.2) is 0 Å². The minimum atomic E-state index is -0.283. The number of ether oxygens (including phenoxy) is 1. The van der Waals surface area contributed by atoms with Crippen LogP contribution in [-0.2, 0) is 26.2 Å². The van der Waals surface area contributed by atoms with Crippen LogP contribution in [0.5, 0.6) is 0 Å². The van der Waals surface area contributed by atoms with Gasteiger partial charge in [-0.3, -0.25) is 14.4 Å². The van der Waals surface area contributed by atoms with Crippen LogP contribution in [0.1, 0.15) is 67.9 Å². The minimum Gasteiger partial charge on any atom is -0.466 e. The van der Waals surface area contributed by atoms with Gasteiger partial charge in [0.05, 0.1) is 6.61 Å². The molecule has 0 bridgehead atoms. The van der Waals surface area contributed by atoms with Crippen molar-refractivity contribution in [3.8, 4) is 0 Å². The first-order chi connectivity index (χ1) is 17.7. The molecule has 2 N–H and O–H groups in total. The summed E-state index contributed by atoms with van der Waals surface area (Å²) in [6.45, 7) is 6.77. The van der Waals surface area contributed by atoms with E-state index in [1.165, 1.54) is 11.1 Å². The van der Waals surface area contributed by atoms with Crippen molar-refractivity contribution in [2.45, 2.75) is 58.3 Å². The lowest BCUT2D eigenvalue weighted by molar-refractivity contribution is -0.143. The Morgan fingerprint density at radius 1 is 0.730 bits per heavy atom. The van der Waals surface area contributed by atoms with Crippen LogP contribution in [0.4, 0.5) is 11.4 Å². The SMILES string of the molecule is CC(C)(C)c1ccc(C(=O)Nc2ccc(NC(=O)CCCC(=O)OCCCc3ccccc3)cc2)cc1. The number of esters is 1. The zero-order valence-corrected chi connectivity index (χ0v) is 21.9. The van der Waals surface area contributed by atoms with E-state index in [9.17, 15) is 14.4 Å². The van der Waals surface area contributed by atoms with Crippen molar-refractivity contribution in [2.75, 3.05) is 17.2 Å². The maximum Gasteiger partial charge on any atom is 0.305 e. The third kappa shape index (κ3) is 9.56. The van der Waals surface area contributed by atoms with Gasteiger partial charge < -0.3 is 15.4 Å². The number of anilines is 2. The van der Waals surface area contributed by atoms with Crippen LogP contribution in [0.3, 0.4) is 0 Å². The van der Waals surface area contributed by atoms with Gasteiger partial charge in [-0.15, -0.1) is 0 Å². The zero-order valence-electron chi connectivity index (χ0n) is 21.9. The highest BCUT2D eigenvalue weighted by Gasteiger charge is 2.14. The number of hydrogen-bond donors (Lipinski definition) is 2. The number of nitrogens with one attached hydrogen (secondary N) is 2. The average molecular weight is 501 g/mol. The maximum atomic E-state index is 12.5. The van der Waals surface area contributed by atoms with Gasteiger partial charge in [0.1, 0.15) is 0 Å². The molecule has 0 spiro atoms. The molecule has 2 amide bonds. The van der Waals surface area contributed by atoms with Gasteiger partial charge in [-0.1, -0.05) is 63.2 Å². The summed E-state index contributed by atoms with van der Waals surface area (Å²) in [6.07, 6.45) is 2.49. The topological polar surface area (TPSA) is 84.5 Å². The zero-order chi connectivity index (χ0) is 26.7. The van der Waals surface area contributed by atoms with Crippen LogP contribution in [0.25, 0.3) is 0 Å². The van der Waals surface area contributed by atoms with Crippen molar-refractivity contribution < 1.29 is 19.1 Å². The van der Waals surface area contributed by atoms with Crippen molar-refractivity contribution in [3.63, 3.8) is 0 Å². The van der Waals surface area contributed by atoms with Crippen LogP contribution in [0, 0.1) is 0 Å². The predicted molar refractivity (Wildman–Crippen MR) is 148 cm³/mol. The lowest BCUT2D eigenvalue weighted by Crippen LogP contribution is -2.15. The molecule has 0 unspecified atom stereocenters. The third-order valence-corrected chi connectivity index (χ3v) is 5.94. The van der Waals surface area contributed by atoms with Crippen LogP contribution >= 0.6 is 0 Å². The fourth-order valence-electron chi connectivity index (χ4n) is 3.76. The molecule has 0 saturated heterocycles. The molecule has 0 aliphatic heterocycles. The molecule has 0 aliphatic carbocycles. The van der Waals surface area contributed by atoms with Crippen molar-refractivity contribution in [1.82, 2.24) is 0 Å². The van der Waals surface area contributed by atoms with Gasteiger partial charge in [0.2, 0.25) is 5.91 Å². The summed E-state index contributed by atoms with van der Waals surface area (Å²) >= 11 is 0. The molecule has 0 atom stereocenters. The molecule has 0 aromatic heterocycles. The van der Waals surface area contributed by atoms with E-state index in [1.807, 2.05) is 42.5 Å². The first-order valence-corrected chi connectivity index (χ1v) is 12.7. The standard InChI is InChI=1S/C31H36N2O4/c1-31(2,3)25-16-14-24(15-17-25)30(36)33-27-20-18-26(19-21-27)32-28(34)12-7-13-29(35)37-22-8-11-23-9-5-4-6-10-23/h4-6,9-10,14-21H,7-8,11-13,22H2,1-3H3,(H,32,34)(H,33,36). The molecule has 0 fully saturated rings. The predicted octanol–water partition coefficient (Wildman–Crippen LogP) is 6.52. The van der Waals surface area contributed by atoms with E-state index in [0.717, 1.165) is 12.8 Å². The van der Waals surface area contributed by atoms with Crippen molar-refractivity contribution >= 4 is 29.2 Å². The molecule has 3 rings (SSSR count). The molecule has 6 heteroatoms. The normalized spacial score (nSPS) is 11.0. The van der Waals surface area contributed by atoms with Gasteiger partial charge in [-0.05, 0) is 72.2 Å². The van der Waals surface area contributed by atoms with E-state index in [-0.39, 0.29) is 36.0 Å². The van der Waals surface area contributed by atoms with Gasteiger partial charge in [0.25, 0.3) is 5.91 Å². The number of hydrogen-bond acceptors (Lipinski definition) is 4. The van der Waals surface area contributed by atoms with E-state index >= 15 is 0 Å². The fourth-order valence-corrected chi connectivity index (χ4v) is 3.76. The second kappa shape index (κ2) is 13.4. The highest BCUT2D eigenvalue weighted by molar-refractivity contribution is 6.04. The largest absolute Gasteiger partial charge is 0.466 e. The number of amides is 2.